The lowest BCUT2D eigenvalue weighted by Crippen LogP contribution is -2.10. The molecule has 9 aromatic carbocycles. The van der Waals surface area contributed by atoms with Gasteiger partial charge in [-0.1, -0.05) is 152 Å². The maximum absolute atomic E-state index is 6.96. The van der Waals surface area contributed by atoms with Crippen molar-refractivity contribution in [3.63, 3.8) is 0 Å². The monoisotopic (exact) mass is 702 g/mol. The topological polar surface area (TPSA) is 21.3 Å². The summed E-state index contributed by atoms with van der Waals surface area (Å²) in [6, 6.07) is 73.8. The lowest BCUT2D eigenvalue weighted by atomic mass is 9.96. The van der Waals surface area contributed by atoms with Crippen LogP contribution in [0.2, 0.25) is 0 Å². The predicted molar refractivity (Wildman–Crippen MR) is 231 cm³/mol. The summed E-state index contributed by atoms with van der Waals surface area (Å²) in [6.45, 7) is 0. The van der Waals surface area contributed by atoms with Gasteiger partial charge in [0.1, 0.15) is 5.58 Å². The van der Waals surface area contributed by atoms with Crippen molar-refractivity contribution in [1.82, 2.24) is 4.57 Å². The molecule has 0 bridgehead atoms. The molecule has 258 valence electrons. The van der Waals surface area contributed by atoms with Crippen LogP contribution in [0.5, 0.6) is 0 Å². The van der Waals surface area contributed by atoms with Gasteiger partial charge in [-0.2, -0.15) is 0 Å². The van der Waals surface area contributed by atoms with Gasteiger partial charge >= 0.3 is 0 Å². The van der Waals surface area contributed by atoms with Gasteiger partial charge in [0, 0.05) is 44.4 Å². The summed E-state index contributed by atoms with van der Waals surface area (Å²) in [5.74, 6) is 0. The molecule has 55 heavy (non-hydrogen) atoms. The Kier molecular flexibility index (Phi) is 7.17. The van der Waals surface area contributed by atoms with Gasteiger partial charge in [-0.05, 0) is 76.2 Å². The highest BCUT2D eigenvalue weighted by Gasteiger charge is 2.21. The molecule has 0 aliphatic rings. The highest BCUT2D eigenvalue weighted by atomic mass is 16.3. The van der Waals surface area contributed by atoms with Gasteiger partial charge in [-0.3, -0.25) is 0 Å². The number of hydrogen-bond acceptors (Lipinski definition) is 2. The van der Waals surface area contributed by atoms with Crippen molar-refractivity contribution in [2.75, 3.05) is 4.90 Å². The fourth-order valence-electron chi connectivity index (χ4n) is 8.48. The molecule has 0 radical (unpaired) electrons. The Hall–Kier alpha value is -7.36. The van der Waals surface area contributed by atoms with Crippen molar-refractivity contribution in [2.45, 2.75) is 0 Å². The smallest absolute Gasteiger partial charge is 0.159 e. The third-order valence-electron chi connectivity index (χ3n) is 11.0. The number of anilines is 3. The Morgan fingerprint density at radius 1 is 0.364 bits per heavy atom. The van der Waals surface area contributed by atoms with E-state index in [2.05, 4.69) is 216 Å². The average Bonchev–Trinajstić information content (AvgIpc) is 3.80. The van der Waals surface area contributed by atoms with Gasteiger partial charge < -0.3 is 13.9 Å². The lowest BCUT2D eigenvalue weighted by Gasteiger charge is -2.27. The Morgan fingerprint density at radius 3 is 1.64 bits per heavy atom. The molecule has 0 saturated carbocycles. The molecule has 11 aromatic rings. The van der Waals surface area contributed by atoms with Crippen LogP contribution in [-0.2, 0) is 0 Å². The van der Waals surface area contributed by atoms with Crippen molar-refractivity contribution in [3.05, 3.63) is 206 Å². The second kappa shape index (κ2) is 12.6. The number of furan rings is 1. The summed E-state index contributed by atoms with van der Waals surface area (Å²) in [6.07, 6.45) is 0. The first kappa shape index (κ1) is 31.2. The van der Waals surface area contributed by atoms with Crippen LogP contribution >= 0.6 is 0 Å². The zero-order chi connectivity index (χ0) is 36.3. The minimum absolute atomic E-state index is 0.844. The van der Waals surface area contributed by atoms with Crippen molar-refractivity contribution in [1.29, 1.82) is 0 Å². The Labute approximate surface area is 318 Å². The Balaban J connectivity index is 1.12. The highest BCUT2D eigenvalue weighted by Crippen LogP contribution is 2.45. The van der Waals surface area contributed by atoms with Gasteiger partial charge in [0.2, 0.25) is 0 Å². The molecule has 3 nitrogen and oxygen atoms in total. The maximum atomic E-state index is 6.96. The number of para-hydroxylation sites is 3. The van der Waals surface area contributed by atoms with Gasteiger partial charge in [-0.15, -0.1) is 0 Å². The summed E-state index contributed by atoms with van der Waals surface area (Å²) in [5, 5.41) is 7.02. The van der Waals surface area contributed by atoms with Gasteiger partial charge in [0.25, 0.3) is 0 Å². The SMILES string of the molecule is c1ccc(-c2ccc(N(c3ccc4c(c3)oc3c(-n5c6ccccc6c6ccccc65)cccc34)c3ccc(-c4ccccc4)c4ccccc34)cc2)cc1. The summed E-state index contributed by atoms with van der Waals surface area (Å²) in [7, 11) is 0. The largest absolute Gasteiger partial charge is 0.454 e. The molecular formula is C52H34N2O. The lowest BCUT2D eigenvalue weighted by molar-refractivity contribution is 0.666. The van der Waals surface area contributed by atoms with E-state index in [1.807, 2.05) is 0 Å². The highest BCUT2D eigenvalue weighted by molar-refractivity contribution is 6.13. The van der Waals surface area contributed by atoms with Crippen LogP contribution in [0.25, 0.3) is 82.5 Å². The zero-order valence-electron chi connectivity index (χ0n) is 29.9. The molecule has 3 heteroatoms. The number of rotatable bonds is 6. The fourth-order valence-corrected chi connectivity index (χ4v) is 8.48. The molecule has 2 aromatic heterocycles. The summed E-state index contributed by atoms with van der Waals surface area (Å²) < 4.78 is 9.31. The Morgan fingerprint density at radius 2 is 0.927 bits per heavy atom. The van der Waals surface area contributed by atoms with Crippen molar-refractivity contribution < 1.29 is 4.42 Å². The van der Waals surface area contributed by atoms with Gasteiger partial charge in [0.05, 0.1) is 22.4 Å². The first-order chi connectivity index (χ1) is 27.3. The van der Waals surface area contributed by atoms with E-state index in [0.29, 0.717) is 0 Å². The maximum Gasteiger partial charge on any atom is 0.159 e. The zero-order valence-corrected chi connectivity index (χ0v) is 29.9. The number of nitrogens with zero attached hydrogens (tertiary/aromatic N) is 2. The third-order valence-corrected chi connectivity index (χ3v) is 11.0. The first-order valence-corrected chi connectivity index (χ1v) is 18.8. The third kappa shape index (κ3) is 5.05. The van der Waals surface area contributed by atoms with Crippen molar-refractivity contribution in [2.24, 2.45) is 0 Å². The Bertz CT molecular complexity index is 3140. The molecule has 0 N–H and O–H groups in total. The van der Waals surface area contributed by atoms with E-state index in [1.165, 1.54) is 43.8 Å². The van der Waals surface area contributed by atoms with Crippen molar-refractivity contribution >= 4 is 71.6 Å². The average molecular weight is 703 g/mol. The predicted octanol–water partition coefficient (Wildman–Crippen LogP) is 14.6. The molecule has 0 aliphatic heterocycles. The van der Waals surface area contributed by atoms with Crippen LogP contribution in [-0.4, -0.2) is 4.57 Å². The standard InChI is InChI=1S/C52H34N2O/c1-3-14-35(15-4-1)36-26-28-38(29-27-36)53(49-33-32-40(37-16-5-2-6-17-37)41-18-7-8-19-42(41)49)39-30-31-45-46-22-13-25-50(52(46)55-51(45)34-39)54-47-23-11-9-20-43(47)44-21-10-12-24-48(44)54/h1-34H. The van der Waals surface area contributed by atoms with Crippen LogP contribution in [0.15, 0.2) is 211 Å². The molecule has 0 unspecified atom stereocenters. The van der Waals surface area contributed by atoms with Crippen LogP contribution in [0.3, 0.4) is 0 Å². The number of aromatic nitrogens is 1. The summed E-state index contributed by atoms with van der Waals surface area (Å²) in [4.78, 5) is 2.37. The van der Waals surface area contributed by atoms with Crippen LogP contribution in [0.4, 0.5) is 17.1 Å². The molecule has 0 aliphatic carbocycles. The fraction of sp³-hybridized carbons (Fsp3) is 0. The quantitative estimate of drug-likeness (QED) is 0.172. The van der Waals surface area contributed by atoms with E-state index in [-0.39, 0.29) is 0 Å². The van der Waals surface area contributed by atoms with E-state index in [0.717, 1.165) is 55.7 Å². The second-order valence-electron chi connectivity index (χ2n) is 14.1. The van der Waals surface area contributed by atoms with Gasteiger partial charge in [0.15, 0.2) is 5.58 Å². The minimum atomic E-state index is 0.844. The van der Waals surface area contributed by atoms with Crippen LogP contribution in [0, 0.1) is 0 Å². The number of benzene rings is 9. The molecule has 0 fully saturated rings. The molecule has 11 rings (SSSR count). The van der Waals surface area contributed by atoms with Crippen LogP contribution in [0.1, 0.15) is 0 Å². The number of hydrogen-bond donors (Lipinski definition) is 0. The van der Waals surface area contributed by atoms with Crippen LogP contribution < -0.4 is 4.90 Å². The molecule has 0 amide bonds. The van der Waals surface area contributed by atoms with E-state index in [9.17, 15) is 0 Å². The van der Waals surface area contributed by atoms with Gasteiger partial charge in [-0.25, -0.2) is 0 Å². The van der Waals surface area contributed by atoms with E-state index < -0.39 is 0 Å². The molecule has 0 atom stereocenters. The molecule has 2 heterocycles. The molecular weight excluding hydrogens is 669 g/mol. The second-order valence-corrected chi connectivity index (χ2v) is 14.1. The van der Waals surface area contributed by atoms with E-state index in [4.69, 9.17) is 4.42 Å². The first-order valence-electron chi connectivity index (χ1n) is 18.8. The normalized spacial score (nSPS) is 11.6. The molecule has 0 spiro atoms. The van der Waals surface area contributed by atoms with E-state index in [1.54, 1.807) is 0 Å². The summed E-state index contributed by atoms with van der Waals surface area (Å²) >= 11 is 0. The molecule has 0 saturated heterocycles. The van der Waals surface area contributed by atoms with E-state index >= 15 is 0 Å². The summed E-state index contributed by atoms with van der Waals surface area (Å²) in [5.41, 5.74) is 13.0. The van der Waals surface area contributed by atoms with Crippen molar-refractivity contribution in [3.8, 4) is 27.9 Å². The minimum Gasteiger partial charge on any atom is -0.454 e. The number of fused-ring (bicyclic) bond motifs is 7.